The number of rotatable bonds is 4. The zero-order chi connectivity index (χ0) is 21.0. The van der Waals surface area contributed by atoms with Crippen LogP contribution in [0, 0.1) is 23.2 Å². The molecule has 7 heteroatoms. The summed E-state index contributed by atoms with van der Waals surface area (Å²) < 4.78 is 1.68. The van der Waals surface area contributed by atoms with Crippen LogP contribution in [0.25, 0.3) is 5.82 Å². The number of carbonyl (C=O) groups excluding carboxylic acids is 2. The first-order valence-corrected chi connectivity index (χ1v) is 11.7. The molecule has 2 aromatic rings. The second-order valence-electron chi connectivity index (χ2n) is 10.2. The predicted octanol–water partition coefficient (Wildman–Crippen LogP) is 3.41. The van der Waals surface area contributed by atoms with Gasteiger partial charge in [-0.1, -0.05) is 0 Å². The molecule has 5 aliphatic rings. The van der Waals surface area contributed by atoms with Crippen LogP contribution in [-0.4, -0.2) is 44.1 Å². The Morgan fingerprint density at radius 2 is 1.81 bits per heavy atom. The smallest absolute Gasteiger partial charge is 0.247 e. The molecule has 1 atom stereocenters. The van der Waals surface area contributed by atoms with Gasteiger partial charge in [-0.2, -0.15) is 5.10 Å². The average Bonchev–Trinajstić information content (AvgIpc) is 3.45. The van der Waals surface area contributed by atoms with Crippen molar-refractivity contribution in [2.24, 2.45) is 23.2 Å². The number of nitrogens with zero attached hydrogens (tertiary/aromatic N) is 4. The molecule has 2 amide bonds. The fourth-order valence-corrected chi connectivity index (χ4v) is 7.19. The van der Waals surface area contributed by atoms with Gasteiger partial charge in [-0.3, -0.25) is 9.59 Å². The summed E-state index contributed by atoms with van der Waals surface area (Å²) in [4.78, 5) is 33.2. The Morgan fingerprint density at radius 3 is 2.42 bits per heavy atom. The molecule has 7 nitrogen and oxygen atoms in total. The molecule has 3 heterocycles. The van der Waals surface area contributed by atoms with E-state index in [2.05, 4.69) is 15.4 Å². The van der Waals surface area contributed by atoms with Gasteiger partial charge in [0.05, 0.1) is 17.3 Å². The molecule has 4 bridgehead atoms. The Balaban J connectivity index is 1.16. The number of amides is 2. The minimum Gasteiger partial charge on any atom is -0.330 e. The first kappa shape index (κ1) is 19.0. The van der Waals surface area contributed by atoms with Crippen LogP contribution in [0.2, 0.25) is 0 Å². The van der Waals surface area contributed by atoms with Crippen molar-refractivity contribution in [2.45, 2.75) is 57.4 Å². The van der Waals surface area contributed by atoms with E-state index in [0.29, 0.717) is 18.1 Å². The standard InChI is InChI=1S/C24H29N5O2/c30-22(27-19-4-5-21(25-15-19)29-8-2-6-26-29)20-3-1-7-28(20)23(31)24-12-16-9-17(13-24)11-18(10-16)14-24/h2,4-6,8,15-18,20H,1,3,7,9-14H2,(H,27,30)/t16?,17?,18?,20-,24?/m0/s1. The third-order valence-corrected chi connectivity index (χ3v) is 8.06. The van der Waals surface area contributed by atoms with Gasteiger partial charge >= 0.3 is 0 Å². The molecule has 4 aliphatic carbocycles. The van der Waals surface area contributed by atoms with Crippen molar-refractivity contribution >= 4 is 17.5 Å². The SMILES string of the molecule is O=C(Nc1ccc(-n2cccn2)nc1)[C@@H]1CCCN1C(=O)C12CC3CC(CC(C3)C1)C2. The number of carbonyl (C=O) groups is 2. The van der Waals surface area contributed by atoms with Crippen molar-refractivity contribution < 1.29 is 9.59 Å². The lowest BCUT2D eigenvalue weighted by Crippen LogP contribution is -2.56. The molecule has 1 aliphatic heterocycles. The van der Waals surface area contributed by atoms with Crippen LogP contribution in [-0.2, 0) is 9.59 Å². The molecule has 5 fully saturated rings. The van der Waals surface area contributed by atoms with E-state index in [-0.39, 0.29) is 23.3 Å². The summed E-state index contributed by atoms with van der Waals surface area (Å²) in [6.45, 7) is 0.704. The summed E-state index contributed by atoms with van der Waals surface area (Å²) in [6.07, 6.45) is 13.9. The maximum absolute atomic E-state index is 13.8. The number of nitrogens with one attached hydrogen (secondary N) is 1. The highest BCUT2D eigenvalue weighted by atomic mass is 16.2. The van der Waals surface area contributed by atoms with Gasteiger partial charge in [0.25, 0.3) is 0 Å². The highest BCUT2D eigenvalue weighted by molar-refractivity contribution is 5.98. The Morgan fingerprint density at radius 1 is 1.06 bits per heavy atom. The van der Waals surface area contributed by atoms with Crippen LogP contribution < -0.4 is 5.32 Å². The first-order chi connectivity index (χ1) is 15.1. The van der Waals surface area contributed by atoms with E-state index in [4.69, 9.17) is 0 Å². The van der Waals surface area contributed by atoms with E-state index >= 15 is 0 Å². The van der Waals surface area contributed by atoms with Gasteiger partial charge in [0.1, 0.15) is 6.04 Å². The van der Waals surface area contributed by atoms with E-state index in [1.165, 1.54) is 19.3 Å². The fourth-order valence-electron chi connectivity index (χ4n) is 7.19. The van der Waals surface area contributed by atoms with E-state index < -0.39 is 0 Å². The number of pyridine rings is 1. The van der Waals surface area contributed by atoms with E-state index in [9.17, 15) is 9.59 Å². The second kappa shape index (κ2) is 7.18. The molecule has 2 aromatic heterocycles. The summed E-state index contributed by atoms with van der Waals surface area (Å²) in [5, 5.41) is 7.16. The fraction of sp³-hybridized carbons (Fsp3) is 0.583. The van der Waals surface area contributed by atoms with Crippen molar-refractivity contribution in [1.29, 1.82) is 0 Å². The normalized spacial score (nSPS) is 33.6. The maximum Gasteiger partial charge on any atom is 0.247 e. The summed E-state index contributed by atoms with van der Waals surface area (Å²) in [7, 11) is 0. The monoisotopic (exact) mass is 419 g/mol. The van der Waals surface area contributed by atoms with Crippen molar-refractivity contribution in [3.8, 4) is 5.82 Å². The average molecular weight is 420 g/mol. The summed E-state index contributed by atoms with van der Waals surface area (Å²) >= 11 is 0. The molecule has 0 aromatic carbocycles. The van der Waals surface area contributed by atoms with Crippen molar-refractivity contribution in [1.82, 2.24) is 19.7 Å². The van der Waals surface area contributed by atoms with Crippen LogP contribution in [0.15, 0.2) is 36.8 Å². The molecule has 162 valence electrons. The molecular weight excluding hydrogens is 390 g/mol. The Labute approximate surface area is 182 Å². The largest absolute Gasteiger partial charge is 0.330 e. The van der Waals surface area contributed by atoms with Crippen LogP contribution in [0.5, 0.6) is 0 Å². The lowest BCUT2D eigenvalue weighted by molar-refractivity contribution is -0.160. The van der Waals surface area contributed by atoms with Gasteiger partial charge in [-0.25, -0.2) is 9.67 Å². The molecule has 0 spiro atoms. The van der Waals surface area contributed by atoms with Crippen LogP contribution >= 0.6 is 0 Å². The molecule has 31 heavy (non-hydrogen) atoms. The summed E-state index contributed by atoms with van der Waals surface area (Å²) in [5.74, 6) is 3.04. The summed E-state index contributed by atoms with van der Waals surface area (Å²) in [6, 6.07) is 5.14. The minimum absolute atomic E-state index is 0.0933. The Kier molecular flexibility index (Phi) is 4.40. The highest BCUT2D eigenvalue weighted by Gasteiger charge is 2.56. The lowest BCUT2D eigenvalue weighted by Gasteiger charge is -2.56. The van der Waals surface area contributed by atoms with Gasteiger partial charge in [0.2, 0.25) is 11.8 Å². The number of hydrogen-bond donors (Lipinski definition) is 1. The van der Waals surface area contributed by atoms with Crippen molar-refractivity contribution in [2.75, 3.05) is 11.9 Å². The molecule has 7 rings (SSSR count). The van der Waals surface area contributed by atoms with Crippen molar-refractivity contribution in [3.05, 3.63) is 36.8 Å². The molecule has 1 saturated heterocycles. The molecule has 0 unspecified atom stereocenters. The van der Waals surface area contributed by atoms with Gasteiger partial charge in [0.15, 0.2) is 5.82 Å². The van der Waals surface area contributed by atoms with Crippen LogP contribution in [0.4, 0.5) is 5.69 Å². The zero-order valence-corrected chi connectivity index (χ0v) is 17.7. The highest BCUT2D eigenvalue weighted by Crippen LogP contribution is 2.60. The second-order valence-corrected chi connectivity index (χ2v) is 10.2. The number of hydrogen-bond acceptors (Lipinski definition) is 4. The molecule has 4 saturated carbocycles. The minimum atomic E-state index is -0.369. The quantitative estimate of drug-likeness (QED) is 0.824. The Hall–Kier alpha value is -2.70. The number of anilines is 1. The van der Waals surface area contributed by atoms with Crippen LogP contribution in [0.1, 0.15) is 51.4 Å². The topological polar surface area (TPSA) is 80.1 Å². The maximum atomic E-state index is 13.8. The molecular formula is C24H29N5O2. The predicted molar refractivity (Wildman–Crippen MR) is 115 cm³/mol. The number of likely N-dealkylation sites (tertiary alicyclic amines) is 1. The first-order valence-electron chi connectivity index (χ1n) is 11.7. The van der Waals surface area contributed by atoms with E-state index in [1.54, 1.807) is 17.1 Å². The lowest BCUT2D eigenvalue weighted by atomic mass is 9.49. The number of aromatic nitrogens is 3. The zero-order valence-electron chi connectivity index (χ0n) is 17.7. The summed E-state index contributed by atoms with van der Waals surface area (Å²) in [5.41, 5.74) is 0.458. The van der Waals surface area contributed by atoms with Crippen molar-refractivity contribution in [3.63, 3.8) is 0 Å². The third-order valence-electron chi connectivity index (χ3n) is 8.06. The van der Waals surface area contributed by atoms with E-state index in [1.807, 2.05) is 29.3 Å². The van der Waals surface area contributed by atoms with Gasteiger partial charge in [-0.05, 0) is 87.3 Å². The van der Waals surface area contributed by atoms with Gasteiger partial charge < -0.3 is 10.2 Å². The van der Waals surface area contributed by atoms with Crippen LogP contribution in [0.3, 0.4) is 0 Å². The third kappa shape index (κ3) is 3.25. The van der Waals surface area contributed by atoms with E-state index in [0.717, 1.165) is 49.9 Å². The van der Waals surface area contributed by atoms with Gasteiger partial charge in [-0.15, -0.1) is 0 Å². The molecule has 0 radical (unpaired) electrons. The van der Waals surface area contributed by atoms with Gasteiger partial charge in [0, 0.05) is 18.9 Å². The molecule has 1 N–H and O–H groups in total. The Bertz CT molecular complexity index is 949.